The van der Waals surface area contributed by atoms with Crippen molar-refractivity contribution >= 4 is 8.53 Å². The summed E-state index contributed by atoms with van der Waals surface area (Å²) in [7, 11) is 0.246. The molecule has 0 amide bonds. The van der Waals surface area contributed by atoms with Crippen molar-refractivity contribution < 1.29 is 18.9 Å². The van der Waals surface area contributed by atoms with Crippen molar-refractivity contribution in [3.8, 4) is 6.07 Å². The van der Waals surface area contributed by atoms with Crippen molar-refractivity contribution in [2.45, 2.75) is 79.1 Å². The summed E-state index contributed by atoms with van der Waals surface area (Å²) >= 11 is 0. The van der Waals surface area contributed by atoms with E-state index in [0.717, 1.165) is 0 Å². The van der Waals surface area contributed by atoms with Crippen molar-refractivity contribution in [1.29, 1.82) is 5.26 Å². The molecule has 0 aromatic carbocycles. The Bertz CT molecular complexity index is 782. The summed E-state index contributed by atoms with van der Waals surface area (Å²) in [5, 5.41) is 16.4. The Morgan fingerprint density at radius 2 is 1.84 bits per heavy atom. The van der Waals surface area contributed by atoms with Crippen LogP contribution in [0.4, 0.5) is 0 Å². The predicted octanol–water partition coefficient (Wildman–Crippen LogP) is 2.54. The predicted molar refractivity (Wildman–Crippen MR) is 125 cm³/mol. The minimum Gasteiger partial charge on any atom is -0.397 e. The maximum Gasteiger partial charge on any atom is 0.328 e. The standard InChI is InChI=1S/C19H33N4O5P.C2H6O/c1-14(2)23(15(3)4)29(27-11-7-9-20)28-13-17(26-6)8-10-22-12-16(5)18(24)21-19(22)25;1-2-3/h12,14-15,17H,7-8,10-11,13H2,1-6H3,(H,21,24,25);3H,2H2,1H3. The molecule has 0 radical (unpaired) electrons. The first kappa shape index (κ1) is 30.4. The first-order chi connectivity index (χ1) is 15.1. The van der Waals surface area contributed by atoms with Crippen LogP contribution in [-0.4, -0.2) is 64.4 Å². The second-order valence-electron chi connectivity index (χ2n) is 7.57. The molecule has 0 aliphatic carbocycles. The van der Waals surface area contributed by atoms with Gasteiger partial charge in [-0.05, 0) is 48.0 Å². The van der Waals surface area contributed by atoms with E-state index in [2.05, 4.69) is 43.4 Å². The molecule has 0 saturated heterocycles. The van der Waals surface area contributed by atoms with Crippen LogP contribution in [0.3, 0.4) is 0 Å². The number of ether oxygens (including phenoxy) is 1. The molecule has 0 aliphatic heterocycles. The van der Waals surface area contributed by atoms with Gasteiger partial charge in [0.15, 0.2) is 0 Å². The lowest BCUT2D eigenvalue weighted by Gasteiger charge is -2.36. The number of nitriles is 1. The number of nitrogens with one attached hydrogen (secondary N) is 1. The summed E-state index contributed by atoms with van der Waals surface area (Å²) in [6, 6.07) is 2.51. The molecular weight excluding hydrogens is 435 g/mol. The fourth-order valence-corrected chi connectivity index (χ4v) is 4.43. The lowest BCUT2D eigenvalue weighted by molar-refractivity contribution is 0.0405. The van der Waals surface area contributed by atoms with E-state index in [1.807, 2.05) is 0 Å². The van der Waals surface area contributed by atoms with Gasteiger partial charge in [0.1, 0.15) is 0 Å². The smallest absolute Gasteiger partial charge is 0.328 e. The zero-order valence-corrected chi connectivity index (χ0v) is 21.2. The van der Waals surface area contributed by atoms with E-state index in [9.17, 15) is 9.59 Å². The second kappa shape index (κ2) is 17.0. The van der Waals surface area contributed by atoms with Gasteiger partial charge in [0.2, 0.25) is 0 Å². The minimum absolute atomic E-state index is 0.215. The molecule has 0 aliphatic rings. The Hall–Kier alpha value is -1.60. The van der Waals surface area contributed by atoms with Crippen LogP contribution in [0.2, 0.25) is 0 Å². The molecule has 2 atom stereocenters. The minimum atomic E-state index is -1.35. The summed E-state index contributed by atoms with van der Waals surface area (Å²) in [5.41, 5.74) is -0.335. The highest BCUT2D eigenvalue weighted by Crippen LogP contribution is 2.46. The molecule has 1 rings (SSSR count). The van der Waals surface area contributed by atoms with Crippen molar-refractivity contribution in [3.05, 3.63) is 32.6 Å². The molecule has 1 aromatic rings. The van der Waals surface area contributed by atoms with Gasteiger partial charge in [0.25, 0.3) is 14.1 Å². The highest BCUT2D eigenvalue weighted by atomic mass is 31.2. The summed E-state index contributed by atoms with van der Waals surface area (Å²) in [6.07, 6.45) is 2.13. The molecule has 1 aromatic heterocycles. The number of aliphatic hydroxyl groups is 1. The molecule has 2 unspecified atom stereocenters. The number of hydrogen-bond donors (Lipinski definition) is 2. The van der Waals surface area contributed by atoms with Gasteiger partial charge in [-0.15, -0.1) is 0 Å². The number of rotatable bonds is 13. The molecule has 0 bridgehead atoms. The maximum absolute atomic E-state index is 11.9. The van der Waals surface area contributed by atoms with E-state index in [4.69, 9.17) is 24.2 Å². The van der Waals surface area contributed by atoms with Crippen LogP contribution in [0.5, 0.6) is 0 Å². The number of hydrogen-bond acceptors (Lipinski definition) is 8. The van der Waals surface area contributed by atoms with Crippen LogP contribution in [0.25, 0.3) is 0 Å². The fraction of sp³-hybridized carbons (Fsp3) is 0.762. The Labute approximate surface area is 192 Å². The lowest BCUT2D eigenvalue weighted by atomic mass is 10.2. The third-order valence-corrected chi connectivity index (χ3v) is 6.32. The van der Waals surface area contributed by atoms with Gasteiger partial charge in [0.05, 0.1) is 31.8 Å². The van der Waals surface area contributed by atoms with Crippen molar-refractivity contribution in [2.24, 2.45) is 0 Å². The summed E-state index contributed by atoms with van der Waals surface area (Å²) in [4.78, 5) is 25.7. The zero-order valence-electron chi connectivity index (χ0n) is 20.3. The quantitative estimate of drug-likeness (QED) is 0.330. The highest BCUT2D eigenvalue weighted by molar-refractivity contribution is 7.44. The zero-order chi connectivity index (χ0) is 24.7. The molecule has 11 heteroatoms. The van der Waals surface area contributed by atoms with Crippen molar-refractivity contribution in [2.75, 3.05) is 26.9 Å². The van der Waals surface area contributed by atoms with Crippen LogP contribution >= 0.6 is 8.53 Å². The lowest BCUT2D eigenvalue weighted by Crippen LogP contribution is -2.35. The van der Waals surface area contributed by atoms with Gasteiger partial charge >= 0.3 is 5.69 Å². The fourth-order valence-electron chi connectivity index (χ4n) is 2.80. The largest absolute Gasteiger partial charge is 0.397 e. The van der Waals surface area contributed by atoms with Crippen LogP contribution in [0.15, 0.2) is 15.8 Å². The molecule has 184 valence electrons. The highest BCUT2D eigenvalue weighted by Gasteiger charge is 2.28. The van der Waals surface area contributed by atoms with Crippen molar-refractivity contribution in [1.82, 2.24) is 14.2 Å². The molecule has 0 saturated carbocycles. The van der Waals surface area contributed by atoms with Crippen molar-refractivity contribution in [3.63, 3.8) is 0 Å². The van der Waals surface area contributed by atoms with Gasteiger partial charge < -0.3 is 23.5 Å². The number of aryl methyl sites for hydroxylation is 2. The number of methoxy groups -OCH3 is 1. The van der Waals surface area contributed by atoms with Gasteiger partial charge in [-0.25, -0.2) is 9.46 Å². The molecule has 2 N–H and O–H groups in total. The number of aromatic amines is 1. The molecule has 0 spiro atoms. The van der Waals surface area contributed by atoms with Crippen LogP contribution in [0, 0.1) is 18.3 Å². The summed E-state index contributed by atoms with van der Waals surface area (Å²) in [6.45, 7) is 12.9. The molecular formula is C21H39N4O6P. The number of aromatic nitrogens is 2. The Morgan fingerprint density at radius 1 is 1.25 bits per heavy atom. The van der Waals surface area contributed by atoms with E-state index < -0.39 is 14.2 Å². The van der Waals surface area contributed by atoms with Crippen LogP contribution in [0.1, 0.15) is 53.0 Å². The number of nitrogens with zero attached hydrogens (tertiary/aromatic N) is 3. The van der Waals surface area contributed by atoms with E-state index in [-0.39, 0.29) is 30.4 Å². The number of aliphatic hydroxyl groups excluding tert-OH is 1. The van der Waals surface area contributed by atoms with Crippen LogP contribution < -0.4 is 11.2 Å². The Balaban J connectivity index is 0.00000302. The molecule has 0 fully saturated rings. The molecule has 10 nitrogen and oxygen atoms in total. The maximum atomic E-state index is 11.9. The van der Waals surface area contributed by atoms with Gasteiger partial charge in [0, 0.05) is 44.1 Å². The SMILES string of the molecule is CCO.COC(CCn1cc(C)c(=O)[nH]c1=O)COP(OCCC#N)N(C(C)C)C(C)C. The summed E-state index contributed by atoms with van der Waals surface area (Å²) in [5.74, 6) is 0. The monoisotopic (exact) mass is 474 g/mol. The van der Waals surface area contributed by atoms with Gasteiger partial charge in [-0.3, -0.25) is 9.78 Å². The Morgan fingerprint density at radius 3 is 2.34 bits per heavy atom. The summed E-state index contributed by atoms with van der Waals surface area (Å²) < 4.78 is 21.1. The van der Waals surface area contributed by atoms with Crippen LogP contribution in [-0.2, 0) is 20.3 Å². The first-order valence-electron chi connectivity index (χ1n) is 10.8. The second-order valence-corrected chi connectivity index (χ2v) is 9.02. The number of H-pyrrole nitrogens is 1. The normalized spacial score (nSPS) is 13.1. The topological polar surface area (TPSA) is 130 Å². The third kappa shape index (κ3) is 11.3. The average molecular weight is 475 g/mol. The molecule has 32 heavy (non-hydrogen) atoms. The first-order valence-corrected chi connectivity index (χ1v) is 11.9. The van der Waals surface area contributed by atoms with Gasteiger partial charge in [-0.1, -0.05) is 0 Å². The third-order valence-electron chi connectivity index (χ3n) is 4.25. The van der Waals surface area contributed by atoms with E-state index >= 15 is 0 Å². The van der Waals surface area contributed by atoms with E-state index in [1.165, 1.54) is 4.57 Å². The Kier molecular flexibility index (Phi) is 16.1. The molecule has 1 heterocycles. The van der Waals surface area contributed by atoms with E-state index in [0.29, 0.717) is 38.2 Å². The van der Waals surface area contributed by atoms with E-state index in [1.54, 1.807) is 27.2 Å². The van der Waals surface area contributed by atoms with Gasteiger partial charge in [-0.2, -0.15) is 5.26 Å². The average Bonchev–Trinajstić information content (AvgIpc) is 2.71.